The third-order valence-corrected chi connectivity index (χ3v) is 5.26. The van der Waals surface area contributed by atoms with Crippen LogP contribution in [-0.2, 0) is 16.6 Å². The predicted molar refractivity (Wildman–Crippen MR) is 81.3 cm³/mol. The number of aromatic nitrogens is 1. The minimum absolute atomic E-state index is 0.0297. The molecule has 0 spiro atoms. The zero-order chi connectivity index (χ0) is 16.3. The van der Waals surface area contributed by atoms with Crippen molar-refractivity contribution in [2.45, 2.75) is 11.4 Å². The molecule has 8 heteroatoms. The molecule has 0 saturated carbocycles. The third kappa shape index (κ3) is 3.44. The molecular formula is C14H13ClN2O4S. The van der Waals surface area contributed by atoms with E-state index in [0.717, 1.165) is 10.4 Å². The van der Waals surface area contributed by atoms with E-state index < -0.39 is 16.0 Å². The summed E-state index contributed by atoms with van der Waals surface area (Å²) >= 11 is 5.92. The molecule has 2 aromatic rings. The maximum Gasteiger partial charge on any atom is 0.335 e. The Morgan fingerprint density at radius 1 is 1.32 bits per heavy atom. The molecule has 0 radical (unpaired) electrons. The van der Waals surface area contributed by atoms with E-state index in [1.807, 2.05) is 0 Å². The van der Waals surface area contributed by atoms with E-state index in [-0.39, 0.29) is 22.0 Å². The van der Waals surface area contributed by atoms with Crippen molar-refractivity contribution in [3.05, 3.63) is 58.9 Å². The number of nitrogens with zero attached hydrogens (tertiary/aromatic N) is 2. The average Bonchev–Trinajstić information content (AvgIpc) is 2.48. The topological polar surface area (TPSA) is 87.6 Å². The van der Waals surface area contributed by atoms with Crippen LogP contribution in [0.4, 0.5) is 0 Å². The maximum atomic E-state index is 12.6. The van der Waals surface area contributed by atoms with Crippen molar-refractivity contribution in [2.75, 3.05) is 7.05 Å². The van der Waals surface area contributed by atoms with E-state index in [2.05, 4.69) is 4.98 Å². The largest absolute Gasteiger partial charge is 0.478 e. The van der Waals surface area contributed by atoms with Crippen molar-refractivity contribution in [1.82, 2.24) is 9.29 Å². The lowest BCUT2D eigenvalue weighted by molar-refractivity contribution is 0.0696. The predicted octanol–water partition coefficient (Wildman–Crippen LogP) is 2.25. The fourth-order valence-electron chi connectivity index (χ4n) is 1.81. The van der Waals surface area contributed by atoms with Gasteiger partial charge >= 0.3 is 5.97 Å². The van der Waals surface area contributed by atoms with Gasteiger partial charge in [-0.05, 0) is 30.3 Å². The Bertz CT molecular complexity index is 794. The van der Waals surface area contributed by atoms with Crippen molar-refractivity contribution >= 4 is 27.6 Å². The van der Waals surface area contributed by atoms with Gasteiger partial charge in [-0.1, -0.05) is 17.7 Å². The van der Waals surface area contributed by atoms with Crippen molar-refractivity contribution in [3.8, 4) is 0 Å². The van der Waals surface area contributed by atoms with Crippen LogP contribution in [-0.4, -0.2) is 35.8 Å². The summed E-state index contributed by atoms with van der Waals surface area (Å²) in [6.07, 6.45) is 1.56. The number of pyridine rings is 1. The molecule has 22 heavy (non-hydrogen) atoms. The summed E-state index contributed by atoms with van der Waals surface area (Å²) in [5.74, 6) is -1.22. The summed E-state index contributed by atoms with van der Waals surface area (Å²) in [4.78, 5) is 14.8. The Morgan fingerprint density at radius 2 is 2.05 bits per heavy atom. The minimum Gasteiger partial charge on any atom is -0.478 e. The van der Waals surface area contributed by atoms with Gasteiger partial charge in [-0.3, -0.25) is 4.98 Å². The van der Waals surface area contributed by atoms with Gasteiger partial charge in [0.05, 0.1) is 22.8 Å². The van der Waals surface area contributed by atoms with E-state index in [0.29, 0.717) is 5.69 Å². The first kappa shape index (κ1) is 16.4. The number of halogens is 1. The second-order valence-corrected chi connectivity index (χ2v) is 6.95. The summed E-state index contributed by atoms with van der Waals surface area (Å²) < 4.78 is 26.2. The Morgan fingerprint density at radius 3 is 2.64 bits per heavy atom. The molecule has 1 N–H and O–H groups in total. The number of carboxylic acids is 1. The highest BCUT2D eigenvalue weighted by atomic mass is 35.5. The highest BCUT2D eigenvalue weighted by Crippen LogP contribution is 2.26. The van der Waals surface area contributed by atoms with Crippen LogP contribution < -0.4 is 0 Å². The highest BCUT2D eigenvalue weighted by molar-refractivity contribution is 7.89. The minimum atomic E-state index is -3.93. The number of aromatic carboxylic acids is 1. The molecule has 0 unspecified atom stereocenters. The SMILES string of the molecule is CN(Cc1ccccn1)S(=O)(=O)c1cc(C(=O)O)ccc1Cl. The first-order valence-corrected chi connectivity index (χ1v) is 8.03. The molecule has 0 bridgehead atoms. The molecule has 1 heterocycles. The summed E-state index contributed by atoms with van der Waals surface area (Å²) in [6.45, 7) is 0.0524. The smallest absolute Gasteiger partial charge is 0.335 e. The zero-order valence-electron chi connectivity index (χ0n) is 11.6. The Hall–Kier alpha value is -1.96. The van der Waals surface area contributed by atoms with Crippen LogP contribution in [0.3, 0.4) is 0 Å². The quantitative estimate of drug-likeness (QED) is 0.902. The first-order chi connectivity index (χ1) is 10.3. The van der Waals surface area contributed by atoms with Crippen LogP contribution in [0.15, 0.2) is 47.5 Å². The lowest BCUT2D eigenvalue weighted by atomic mass is 10.2. The molecule has 1 aromatic carbocycles. The normalized spacial score (nSPS) is 11.6. The van der Waals surface area contributed by atoms with Crippen molar-refractivity contribution in [1.29, 1.82) is 0 Å². The van der Waals surface area contributed by atoms with E-state index >= 15 is 0 Å². The number of carbonyl (C=O) groups is 1. The van der Waals surface area contributed by atoms with Crippen LogP contribution in [0, 0.1) is 0 Å². The summed E-state index contributed by atoms with van der Waals surface area (Å²) in [6, 6.07) is 8.73. The molecule has 0 atom stereocenters. The molecule has 0 aliphatic rings. The first-order valence-electron chi connectivity index (χ1n) is 6.21. The highest BCUT2D eigenvalue weighted by Gasteiger charge is 2.25. The second kappa shape index (κ2) is 6.43. The zero-order valence-corrected chi connectivity index (χ0v) is 13.2. The average molecular weight is 341 g/mol. The van der Waals surface area contributed by atoms with Crippen LogP contribution in [0.5, 0.6) is 0 Å². The second-order valence-electron chi connectivity index (χ2n) is 4.53. The summed E-state index contributed by atoms with van der Waals surface area (Å²) in [5, 5.41) is 8.95. The molecule has 116 valence electrons. The molecule has 6 nitrogen and oxygen atoms in total. The van der Waals surface area contributed by atoms with Gasteiger partial charge in [0.1, 0.15) is 4.90 Å². The standard InChI is InChI=1S/C14H13ClN2O4S/c1-17(9-11-4-2-3-7-16-11)22(20,21)13-8-10(14(18)19)5-6-12(13)15/h2-8H,9H2,1H3,(H,18,19). The van der Waals surface area contributed by atoms with Crippen LogP contribution in [0.1, 0.15) is 16.1 Å². The molecule has 0 fully saturated rings. The fraction of sp³-hybridized carbons (Fsp3) is 0.143. The van der Waals surface area contributed by atoms with Gasteiger partial charge in [0.25, 0.3) is 0 Å². The Kier molecular flexibility index (Phi) is 4.80. The van der Waals surface area contributed by atoms with Gasteiger partial charge in [0, 0.05) is 13.2 Å². The van der Waals surface area contributed by atoms with E-state index in [9.17, 15) is 13.2 Å². The van der Waals surface area contributed by atoms with Crippen molar-refractivity contribution in [2.24, 2.45) is 0 Å². The van der Waals surface area contributed by atoms with Gasteiger partial charge in [-0.15, -0.1) is 0 Å². The van der Waals surface area contributed by atoms with Gasteiger partial charge < -0.3 is 5.11 Å². The Labute approximate surface area is 133 Å². The number of carboxylic acid groups (broad SMARTS) is 1. The molecule has 0 aliphatic carbocycles. The molecule has 0 aliphatic heterocycles. The third-order valence-electron chi connectivity index (χ3n) is 2.98. The van der Waals surface area contributed by atoms with E-state index in [1.165, 1.54) is 19.2 Å². The number of rotatable bonds is 5. The number of hydrogen-bond donors (Lipinski definition) is 1. The van der Waals surface area contributed by atoms with E-state index in [1.54, 1.807) is 24.4 Å². The summed E-state index contributed by atoms with van der Waals surface area (Å²) in [5.41, 5.74) is 0.424. The number of hydrogen-bond acceptors (Lipinski definition) is 4. The van der Waals surface area contributed by atoms with Crippen LogP contribution in [0.25, 0.3) is 0 Å². The lowest BCUT2D eigenvalue weighted by Crippen LogP contribution is -2.27. The van der Waals surface area contributed by atoms with Crippen LogP contribution >= 0.6 is 11.6 Å². The van der Waals surface area contributed by atoms with E-state index in [4.69, 9.17) is 16.7 Å². The lowest BCUT2D eigenvalue weighted by Gasteiger charge is -2.18. The van der Waals surface area contributed by atoms with Gasteiger partial charge in [0.15, 0.2) is 0 Å². The Balaban J connectivity index is 2.37. The fourth-order valence-corrected chi connectivity index (χ4v) is 3.45. The van der Waals surface area contributed by atoms with Gasteiger partial charge in [-0.25, -0.2) is 13.2 Å². The molecule has 0 amide bonds. The van der Waals surface area contributed by atoms with Crippen molar-refractivity contribution < 1.29 is 18.3 Å². The molecule has 2 rings (SSSR count). The number of sulfonamides is 1. The monoisotopic (exact) mass is 340 g/mol. The summed E-state index contributed by atoms with van der Waals surface area (Å²) in [7, 11) is -2.54. The molecular weight excluding hydrogens is 328 g/mol. The van der Waals surface area contributed by atoms with Crippen LogP contribution in [0.2, 0.25) is 5.02 Å². The van der Waals surface area contributed by atoms with Gasteiger partial charge in [-0.2, -0.15) is 4.31 Å². The number of benzene rings is 1. The van der Waals surface area contributed by atoms with Gasteiger partial charge in [0.2, 0.25) is 10.0 Å². The maximum absolute atomic E-state index is 12.6. The molecule has 1 aromatic heterocycles. The molecule has 0 saturated heterocycles. The van der Waals surface area contributed by atoms with Crippen molar-refractivity contribution in [3.63, 3.8) is 0 Å².